The van der Waals surface area contributed by atoms with Gasteiger partial charge in [-0.1, -0.05) is 20.1 Å². The van der Waals surface area contributed by atoms with Gasteiger partial charge in [-0.15, -0.1) is 0 Å². The number of nitrogens with zero attached hydrogens (tertiary/aromatic N) is 4. The lowest BCUT2D eigenvalue weighted by Crippen LogP contribution is -2.33. The molecule has 0 spiro atoms. The van der Waals surface area contributed by atoms with Gasteiger partial charge in [0.2, 0.25) is 0 Å². The second-order valence-corrected chi connectivity index (χ2v) is 9.43. The molecule has 7 nitrogen and oxygen atoms in total. The van der Waals surface area contributed by atoms with E-state index < -0.39 is 5.41 Å². The topological polar surface area (TPSA) is 110 Å². The number of nitrogens with one attached hydrogen (secondary N) is 2. The van der Waals surface area contributed by atoms with Gasteiger partial charge in [-0.2, -0.15) is 10.4 Å². The summed E-state index contributed by atoms with van der Waals surface area (Å²) in [7, 11) is 0. The number of aromatic nitrogens is 3. The smallest absolute Gasteiger partial charge is 0.181 e. The maximum absolute atomic E-state index is 9.84. The molecule has 2 aromatic heterocycles. The summed E-state index contributed by atoms with van der Waals surface area (Å²) in [6.07, 6.45) is 3.39. The number of hydrogen-bond acceptors (Lipinski definition) is 6. The number of halogens is 1. The number of H-pyrrole nitrogens is 1. The molecule has 2 unspecified atom stereocenters. The molecule has 0 radical (unpaired) electrons. The Bertz CT molecular complexity index is 1150. The number of pyridine rings is 1. The quantitative estimate of drug-likeness (QED) is 0.189. The molecule has 0 aliphatic heterocycles. The van der Waals surface area contributed by atoms with Crippen LogP contribution < -0.4 is 5.32 Å². The lowest BCUT2D eigenvalue weighted by atomic mass is 9.92. The fourth-order valence-corrected chi connectivity index (χ4v) is 3.79. The van der Waals surface area contributed by atoms with Crippen molar-refractivity contribution in [2.24, 2.45) is 16.3 Å². The van der Waals surface area contributed by atoms with E-state index in [1.54, 1.807) is 6.20 Å². The number of aliphatic hydroxyl groups is 1. The van der Waals surface area contributed by atoms with Crippen LogP contribution in [0, 0.1) is 26.2 Å². The molecule has 0 aromatic carbocycles. The van der Waals surface area contributed by atoms with Gasteiger partial charge in [-0.05, 0) is 73.4 Å². The number of aliphatic hydroxyl groups excluding tert-OH is 1. The fourth-order valence-electron chi connectivity index (χ4n) is 3.34. The van der Waals surface area contributed by atoms with Crippen molar-refractivity contribution in [2.45, 2.75) is 46.6 Å². The van der Waals surface area contributed by atoms with Crippen molar-refractivity contribution in [2.75, 3.05) is 0 Å². The zero-order valence-electron chi connectivity index (χ0n) is 18.3. The summed E-state index contributed by atoms with van der Waals surface area (Å²) < 4.78 is 1.01. The Balaban J connectivity index is 2.05. The number of aromatic amines is 1. The number of aliphatic imine (C=N–C) groups is 1. The van der Waals surface area contributed by atoms with Gasteiger partial charge in [-0.25, -0.2) is 9.98 Å². The van der Waals surface area contributed by atoms with Crippen molar-refractivity contribution in [3.05, 3.63) is 57.4 Å². The highest BCUT2D eigenvalue weighted by molar-refractivity contribution is 14.1. The minimum atomic E-state index is -0.503. The summed E-state index contributed by atoms with van der Waals surface area (Å²) in [4.78, 5) is 9.23. The molecule has 3 rings (SSSR count). The van der Waals surface area contributed by atoms with Crippen LogP contribution in [-0.4, -0.2) is 32.0 Å². The molecule has 0 saturated heterocycles. The SMILES string of the molecule is C=C(O)C(C)C(C)N/C(N=C(C)c1[nH]nc2ncc(I)cc12)=C(\C)C(=C)C1(C#N)CC1. The summed E-state index contributed by atoms with van der Waals surface area (Å²) in [5.41, 5.74) is 3.25. The molecule has 1 saturated carbocycles. The predicted molar refractivity (Wildman–Crippen MR) is 131 cm³/mol. The highest BCUT2D eigenvalue weighted by atomic mass is 127. The summed E-state index contributed by atoms with van der Waals surface area (Å²) >= 11 is 2.22. The standard InChI is InChI=1S/C23H27IN6O/c1-12(14(3)23(11-25)7-8-23)21(27-15(4)13(2)17(6)31)28-16(5)20-19-9-18(24)10-26-22(19)30-29-20/h9-10,13,15,27,31H,3,6-8H2,1-2,4-5H3,(H,26,29,30)/b21-12-,28-16?. The average molecular weight is 530 g/mol. The van der Waals surface area contributed by atoms with Gasteiger partial charge in [0.1, 0.15) is 5.82 Å². The maximum Gasteiger partial charge on any atom is 0.181 e. The van der Waals surface area contributed by atoms with E-state index in [0.717, 1.165) is 44.3 Å². The van der Waals surface area contributed by atoms with E-state index in [1.807, 2.05) is 33.8 Å². The first-order valence-electron chi connectivity index (χ1n) is 10.1. The van der Waals surface area contributed by atoms with Crippen LogP contribution in [-0.2, 0) is 0 Å². The van der Waals surface area contributed by atoms with E-state index in [0.29, 0.717) is 11.5 Å². The molecule has 0 bridgehead atoms. The summed E-state index contributed by atoms with van der Waals surface area (Å²) in [5, 5.41) is 31.1. The Morgan fingerprint density at radius 1 is 1.39 bits per heavy atom. The van der Waals surface area contributed by atoms with E-state index in [2.05, 4.69) is 62.3 Å². The van der Waals surface area contributed by atoms with Gasteiger partial charge in [0, 0.05) is 27.1 Å². The Morgan fingerprint density at radius 2 is 2.06 bits per heavy atom. The first kappa shape index (κ1) is 23.0. The van der Waals surface area contributed by atoms with Crippen molar-refractivity contribution in [1.29, 1.82) is 5.26 Å². The molecule has 2 aromatic rings. The zero-order chi connectivity index (χ0) is 22.9. The summed E-state index contributed by atoms with van der Waals surface area (Å²) in [5.74, 6) is 0.537. The Labute approximate surface area is 196 Å². The van der Waals surface area contributed by atoms with Crippen LogP contribution in [0.15, 0.2) is 53.1 Å². The van der Waals surface area contributed by atoms with Crippen molar-refractivity contribution in [1.82, 2.24) is 20.5 Å². The van der Waals surface area contributed by atoms with Gasteiger partial charge in [0.05, 0.1) is 28.6 Å². The van der Waals surface area contributed by atoms with Gasteiger partial charge < -0.3 is 10.4 Å². The largest absolute Gasteiger partial charge is 0.513 e. The molecule has 3 N–H and O–H groups in total. The lowest BCUT2D eigenvalue weighted by molar-refractivity contribution is 0.307. The van der Waals surface area contributed by atoms with Crippen LogP contribution in [0.2, 0.25) is 0 Å². The second-order valence-electron chi connectivity index (χ2n) is 8.18. The van der Waals surface area contributed by atoms with E-state index in [9.17, 15) is 10.4 Å². The third-order valence-corrected chi connectivity index (χ3v) is 6.60. The van der Waals surface area contributed by atoms with Gasteiger partial charge >= 0.3 is 0 Å². The molecule has 8 heteroatoms. The number of hydrogen-bond donors (Lipinski definition) is 3. The normalized spacial score (nSPS) is 18.0. The Kier molecular flexibility index (Phi) is 6.55. The van der Waals surface area contributed by atoms with E-state index >= 15 is 0 Å². The van der Waals surface area contributed by atoms with Gasteiger partial charge in [0.15, 0.2) is 5.65 Å². The fraction of sp³-hybridized carbons (Fsp3) is 0.391. The number of fused-ring (bicyclic) bond motifs is 1. The van der Waals surface area contributed by atoms with Crippen LogP contribution in [0.1, 0.15) is 46.2 Å². The molecule has 1 fully saturated rings. The monoisotopic (exact) mass is 530 g/mol. The number of allylic oxidation sites excluding steroid dienone is 2. The Morgan fingerprint density at radius 3 is 2.65 bits per heavy atom. The molecule has 1 aliphatic carbocycles. The summed E-state index contributed by atoms with van der Waals surface area (Å²) in [6.45, 7) is 15.6. The molecule has 2 atom stereocenters. The first-order valence-corrected chi connectivity index (χ1v) is 11.2. The van der Waals surface area contributed by atoms with Crippen molar-refractivity contribution in [3.8, 4) is 6.07 Å². The molecular weight excluding hydrogens is 503 g/mol. The Hall–Kier alpha value is -2.67. The van der Waals surface area contributed by atoms with Crippen molar-refractivity contribution < 1.29 is 5.11 Å². The lowest BCUT2D eigenvalue weighted by Gasteiger charge is -2.24. The first-order chi connectivity index (χ1) is 14.6. The van der Waals surface area contributed by atoms with E-state index in [4.69, 9.17) is 4.99 Å². The highest BCUT2D eigenvalue weighted by Crippen LogP contribution is 2.53. The third-order valence-electron chi connectivity index (χ3n) is 6.01. The predicted octanol–water partition coefficient (Wildman–Crippen LogP) is 5.15. The minimum Gasteiger partial charge on any atom is -0.513 e. The highest BCUT2D eigenvalue weighted by Gasteiger charge is 2.46. The number of nitriles is 1. The van der Waals surface area contributed by atoms with Crippen LogP contribution in [0.3, 0.4) is 0 Å². The van der Waals surface area contributed by atoms with E-state index in [1.165, 1.54) is 0 Å². The molecular formula is C23H27IN6O. The van der Waals surface area contributed by atoms with Crippen LogP contribution in [0.4, 0.5) is 0 Å². The zero-order valence-corrected chi connectivity index (χ0v) is 20.4. The molecule has 1 aliphatic rings. The number of rotatable bonds is 8. The molecule has 162 valence electrons. The van der Waals surface area contributed by atoms with Crippen LogP contribution in [0.5, 0.6) is 0 Å². The second kappa shape index (κ2) is 8.83. The molecule has 0 amide bonds. The van der Waals surface area contributed by atoms with Gasteiger partial charge in [0.25, 0.3) is 0 Å². The van der Waals surface area contributed by atoms with E-state index in [-0.39, 0.29) is 17.7 Å². The maximum atomic E-state index is 9.84. The van der Waals surface area contributed by atoms with Crippen LogP contribution >= 0.6 is 22.6 Å². The minimum absolute atomic E-state index is 0.104. The molecule has 2 heterocycles. The molecule has 31 heavy (non-hydrogen) atoms. The van der Waals surface area contributed by atoms with Gasteiger partial charge in [-0.3, -0.25) is 5.10 Å². The third kappa shape index (κ3) is 4.66. The van der Waals surface area contributed by atoms with Crippen LogP contribution in [0.25, 0.3) is 11.0 Å². The van der Waals surface area contributed by atoms with Crippen molar-refractivity contribution in [3.63, 3.8) is 0 Å². The summed E-state index contributed by atoms with van der Waals surface area (Å²) in [6, 6.07) is 4.28. The van der Waals surface area contributed by atoms with Crippen molar-refractivity contribution >= 4 is 39.3 Å². The average Bonchev–Trinajstić information content (AvgIpc) is 3.43.